The van der Waals surface area contributed by atoms with E-state index in [0.717, 1.165) is 17.7 Å². The molecule has 0 unspecified atom stereocenters. The van der Waals surface area contributed by atoms with Gasteiger partial charge < -0.3 is 4.74 Å². The van der Waals surface area contributed by atoms with Gasteiger partial charge in [-0.15, -0.1) is 6.58 Å². The molecule has 0 spiro atoms. The summed E-state index contributed by atoms with van der Waals surface area (Å²) in [4.78, 5) is 11.6. The van der Waals surface area contributed by atoms with Crippen LogP contribution in [0.1, 0.15) is 34.6 Å². The highest BCUT2D eigenvalue weighted by molar-refractivity contribution is 5.89. The third kappa shape index (κ3) is 1.10. The molecule has 0 saturated heterocycles. The summed E-state index contributed by atoms with van der Waals surface area (Å²) in [7, 11) is 0. The van der Waals surface area contributed by atoms with Crippen molar-refractivity contribution in [1.29, 1.82) is 0 Å². The molecule has 1 aromatic heterocycles. The minimum Gasteiger partial charge on any atom is -0.461 e. The van der Waals surface area contributed by atoms with Crippen molar-refractivity contribution in [2.24, 2.45) is 11.8 Å². The average molecular weight is 218 g/mol. The molecule has 3 rings (SSSR count). The lowest BCUT2D eigenvalue weighted by Gasteiger charge is -2.01. The third-order valence-corrected chi connectivity index (χ3v) is 3.64. The summed E-state index contributed by atoms with van der Waals surface area (Å²) in [5.41, 5.74) is 2.66. The van der Waals surface area contributed by atoms with Gasteiger partial charge >= 0.3 is 5.97 Å². The summed E-state index contributed by atoms with van der Waals surface area (Å²) in [6.45, 7) is 6.02. The van der Waals surface area contributed by atoms with Gasteiger partial charge in [0, 0.05) is 17.2 Å². The Balaban J connectivity index is 1.89. The maximum atomic E-state index is 11.6. The number of fused-ring (bicyclic) bond motifs is 3. The first-order valence-corrected chi connectivity index (χ1v) is 5.64. The van der Waals surface area contributed by atoms with Crippen LogP contribution >= 0.6 is 0 Å². The van der Waals surface area contributed by atoms with E-state index in [1.165, 1.54) is 0 Å². The van der Waals surface area contributed by atoms with Crippen LogP contribution in [0.3, 0.4) is 0 Å². The molecule has 0 radical (unpaired) electrons. The fourth-order valence-corrected chi connectivity index (χ4v) is 2.86. The molecule has 4 nitrogen and oxygen atoms in total. The molecule has 0 aromatic carbocycles. The smallest absolute Gasteiger partial charge is 0.359 e. The first-order chi connectivity index (χ1) is 7.77. The van der Waals surface area contributed by atoms with Crippen molar-refractivity contribution in [2.45, 2.75) is 19.3 Å². The van der Waals surface area contributed by atoms with E-state index in [1.807, 2.05) is 6.08 Å². The van der Waals surface area contributed by atoms with Crippen molar-refractivity contribution in [2.75, 3.05) is 6.61 Å². The van der Waals surface area contributed by atoms with Gasteiger partial charge in [-0.1, -0.05) is 6.08 Å². The molecule has 3 atom stereocenters. The van der Waals surface area contributed by atoms with Gasteiger partial charge in [-0.05, 0) is 25.2 Å². The van der Waals surface area contributed by atoms with Gasteiger partial charge in [0.05, 0.1) is 6.61 Å². The van der Waals surface area contributed by atoms with Crippen molar-refractivity contribution < 1.29 is 9.53 Å². The van der Waals surface area contributed by atoms with Crippen molar-refractivity contribution in [3.63, 3.8) is 0 Å². The summed E-state index contributed by atoms with van der Waals surface area (Å²) >= 11 is 0. The molecule has 0 amide bonds. The van der Waals surface area contributed by atoms with Crippen LogP contribution < -0.4 is 0 Å². The van der Waals surface area contributed by atoms with Gasteiger partial charge in [0.1, 0.15) is 0 Å². The number of rotatable bonds is 3. The zero-order valence-electron chi connectivity index (χ0n) is 9.19. The highest BCUT2D eigenvalue weighted by Gasteiger charge is 2.56. The lowest BCUT2D eigenvalue weighted by atomic mass is 10.1. The van der Waals surface area contributed by atoms with E-state index in [0.29, 0.717) is 30.1 Å². The number of aromatic amines is 1. The SMILES string of the molecule is C=C[C@H]1[C@@H]2Cc3c(C(=O)OCC)n[nH]c3[C@H]12. The number of esters is 1. The second-order valence-corrected chi connectivity index (χ2v) is 4.39. The molecule has 16 heavy (non-hydrogen) atoms. The van der Waals surface area contributed by atoms with E-state index < -0.39 is 0 Å². The largest absolute Gasteiger partial charge is 0.461 e. The highest BCUT2D eigenvalue weighted by atomic mass is 16.5. The molecule has 1 aromatic rings. The minimum atomic E-state index is -0.309. The fraction of sp³-hybridized carbons (Fsp3) is 0.500. The van der Waals surface area contributed by atoms with Crippen LogP contribution in [0.5, 0.6) is 0 Å². The zero-order chi connectivity index (χ0) is 11.3. The van der Waals surface area contributed by atoms with E-state index in [1.54, 1.807) is 6.92 Å². The van der Waals surface area contributed by atoms with Crippen LogP contribution in [0.15, 0.2) is 12.7 Å². The number of carbonyl (C=O) groups excluding carboxylic acids is 1. The molecule has 1 N–H and O–H groups in total. The molecule has 84 valence electrons. The lowest BCUT2D eigenvalue weighted by Crippen LogP contribution is -2.08. The third-order valence-electron chi connectivity index (χ3n) is 3.64. The van der Waals surface area contributed by atoms with Gasteiger partial charge in [0.15, 0.2) is 5.69 Å². The number of aromatic nitrogens is 2. The number of nitrogens with zero attached hydrogens (tertiary/aromatic N) is 1. The number of ether oxygens (including phenoxy) is 1. The molecular weight excluding hydrogens is 204 g/mol. The van der Waals surface area contributed by atoms with E-state index in [-0.39, 0.29) is 5.97 Å². The maximum Gasteiger partial charge on any atom is 0.359 e. The van der Waals surface area contributed by atoms with Crippen LogP contribution in [0.25, 0.3) is 0 Å². The monoisotopic (exact) mass is 218 g/mol. The second-order valence-electron chi connectivity index (χ2n) is 4.39. The standard InChI is InChI=1S/C12H14N2O2/c1-3-6-7-5-8-10(9(6)7)13-14-11(8)12(15)16-4-2/h3,6-7,9H,1,4-5H2,2H3,(H,13,14)/t6-,7-,9+/m0/s1. The van der Waals surface area contributed by atoms with Gasteiger partial charge in [-0.25, -0.2) is 4.79 Å². The first-order valence-electron chi connectivity index (χ1n) is 5.64. The van der Waals surface area contributed by atoms with Gasteiger partial charge in [0.25, 0.3) is 0 Å². The van der Waals surface area contributed by atoms with Gasteiger partial charge in [-0.3, -0.25) is 5.10 Å². The van der Waals surface area contributed by atoms with Crippen molar-refractivity contribution in [3.05, 3.63) is 29.6 Å². The molecule has 4 heteroatoms. The van der Waals surface area contributed by atoms with E-state index >= 15 is 0 Å². The number of nitrogens with one attached hydrogen (secondary N) is 1. The summed E-state index contributed by atoms with van der Waals surface area (Å²) in [5.74, 6) is 1.41. The molecule has 0 aliphatic heterocycles. The summed E-state index contributed by atoms with van der Waals surface area (Å²) in [5, 5.41) is 7.05. The molecule has 1 fully saturated rings. The van der Waals surface area contributed by atoms with Crippen LogP contribution in [0.4, 0.5) is 0 Å². The Hall–Kier alpha value is -1.58. The number of allylic oxidation sites excluding steroid dienone is 1. The zero-order valence-corrected chi connectivity index (χ0v) is 9.19. The predicted molar refractivity (Wildman–Crippen MR) is 58.2 cm³/mol. The molecule has 2 aliphatic rings. The molecule has 1 heterocycles. The van der Waals surface area contributed by atoms with Gasteiger partial charge in [-0.2, -0.15) is 5.10 Å². The lowest BCUT2D eigenvalue weighted by molar-refractivity contribution is 0.0518. The Morgan fingerprint density at radius 2 is 2.56 bits per heavy atom. The molecule has 1 saturated carbocycles. The normalized spacial score (nSPS) is 29.4. The second kappa shape index (κ2) is 3.20. The molecular formula is C12H14N2O2. The summed E-state index contributed by atoms with van der Waals surface area (Å²) in [6, 6.07) is 0. The van der Waals surface area contributed by atoms with Crippen LogP contribution in [0.2, 0.25) is 0 Å². The Morgan fingerprint density at radius 3 is 3.25 bits per heavy atom. The predicted octanol–water partition coefficient (Wildman–Crippen LogP) is 1.66. The van der Waals surface area contributed by atoms with Crippen molar-refractivity contribution in [1.82, 2.24) is 10.2 Å². The van der Waals surface area contributed by atoms with E-state index in [4.69, 9.17) is 4.74 Å². The summed E-state index contributed by atoms with van der Waals surface area (Å²) in [6.07, 6.45) is 2.94. The van der Waals surface area contributed by atoms with Gasteiger partial charge in [0.2, 0.25) is 0 Å². The van der Waals surface area contributed by atoms with E-state index in [2.05, 4.69) is 16.8 Å². The Labute approximate surface area is 93.7 Å². The quantitative estimate of drug-likeness (QED) is 0.620. The first kappa shape index (κ1) is 9.63. The Morgan fingerprint density at radius 1 is 1.75 bits per heavy atom. The molecule has 0 bridgehead atoms. The fourth-order valence-electron chi connectivity index (χ4n) is 2.86. The average Bonchev–Trinajstić information content (AvgIpc) is 2.64. The van der Waals surface area contributed by atoms with Crippen molar-refractivity contribution in [3.8, 4) is 0 Å². The summed E-state index contributed by atoms with van der Waals surface area (Å²) < 4.78 is 4.97. The topological polar surface area (TPSA) is 55.0 Å². The number of carbonyl (C=O) groups is 1. The highest BCUT2D eigenvalue weighted by Crippen LogP contribution is 2.61. The van der Waals surface area contributed by atoms with E-state index in [9.17, 15) is 4.79 Å². The van der Waals surface area contributed by atoms with Crippen molar-refractivity contribution >= 4 is 5.97 Å². The minimum absolute atomic E-state index is 0.309. The Kier molecular flexibility index (Phi) is 1.93. The van der Waals surface area contributed by atoms with Crippen LogP contribution in [0, 0.1) is 11.8 Å². The number of H-pyrrole nitrogens is 1. The number of hydrogen-bond donors (Lipinski definition) is 1. The maximum absolute atomic E-state index is 11.6. The number of hydrogen-bond acceptors (Lipinski definition) is 3. The van der Waals surface area contributed by atoms with Crippen LogP contribution in [-0.4, -0.2) is 22.8 Å². The molecule has 2 aliphatic carbocycles. The van der Waals surface area contributed by atoms with Crippen LogP contribution in [-0.2, 0) is 11.2 Å². The Bertz CT molecular complexity index is 464.